The van der Waals surface area contributed by atoms with Crippen LogP contribution in [-0.2, 0) is 12.7 Å². The molecule has 0 spiro atoms. The van der Waals surface area contributed by atoms with Gasteiger partial charge in [0.2, 0.25) is 0 Å². The molecule has 1 aliphatic heterocycles. The summed E-state index contributed by atoms with van der Waals surface area (Å²) in [6, 6.07) is 15.4. The first-order valence-corrected chi connectivity index (χ1v) is 12.4. The number of benzene rings is 2. The molecule has 0 radical (unpaired) electrons. The lowest BCUT2D eigenvalue weighted by molar-refractivity contribution is -0.146. The second kappa shape index (κ2) is 13.9. The monoisotopic (exact) mass is 506 g/mol. The van der Waals surface area contributed by atoms with Crippen molar-refractivity contribution in [2.75, 3.05) is 27.2 Å². The number of nitrogens with zero attached hydrogens (tertiary/aromatic N) is 5. The predicted molar refractivity (Wildman–Crippen MR) is 135 cm³/mol. The number of halogens is 3. The zero-order valence-corrected chi connectivity index (χ0v) is 21.9. The molecule has 1 aromatic heterocycles. The summed E-state index contributed by atoms with van der Waals surface area (Å²) in [6.45, 7) is 10.3. The van der Waals surface area contributed by atoms with Crippen LogP contribution < -0.4 is 10.1 Å². The second-order valence-corrected chi connectivity index (χ2v) is 7.96. The van der Waals surface area contributed by atoms with Crippen molar-refractivity contribution < 1.29 is 17.9 Å². The number of aromatic nitrogens is 4. The van der Waals surface area contributed by atoms with E-state index in [1.165, 1.54) is 11.6 Å². The lowest BCUT2D eigenvalue weighted by Gasteiger charge is -2.38. The topological polar surface area (TPSA) is 68.1 Å². The number of rotatable bonds is 6. The highest BCUT2D eigenvalue weighted by Gasteiger charge is 2.38. The van der Waals surface area contributed by atoms with Gasteiger partial charge in [0.1, 0.15) is 5.75 Å². The fourth-order valence-corrected chi connectivity index (χ4v) is 4.21. The summed E-state index contributed by atoms with van der Waals surface area (Å²) in [7, 11) is 3.65. The van der Waals surface area contributed by atoms with E-state index >= 15 is 0 Å². The van der Waals surface area contributed by atoms with Crippen molar-refractivity contribution in [1.29, 1.82) is 0 Å². The molecule has 1 N–H and O–H groups in total. The number of alkyl halides is 3. The van der Waals surface area contributed by atoms with E-state index in [1.807, 2.05) is 45.9 Å². The molecule has 1 fully saturated rings. The maximum Gasteiger partial charge on any atom is 0.453 e. The SMILES string of the molecule is CC.CC.COc1ccc(-n2nnnc2C(F)(F)F)cc1CN[C@H]1CCN(C)C[C@H]1c1ccccc1. The highest BCUT2D eigenvalue weighted by atomic mass is 19.4. The van der Waals surface area contributed by atoms with Gasteiger partial charge in [-0.3, -0.25) is 0 Å². The largest absolute Gasteiger partial charge is 0.496 e. The van der Waals surface area contributed by atoms with E-state index in [0.29, 0.717) is 22.9 Å². The van der Waals surface area contributed by atoms with Crippen LogP contribution in [0.25, 0.3) is 5.69 Å². The van der Waals surface area contributed by atoms with Gasteiger partial charge in [0.15, 0.2) is 0 Å². The third-order valence-electron chi connectivity index (χ3n) is 5.83. The Labute approximate surface area is 211 Å². The van der Waals surface area contributed by atoms with Crippen molar-refractivity contribution in [3.05, 3.63) is 65.5 Å². The quantitative estimate of drug-likeness (QED) is 0.488. The first-order valence-electron chi connectivity index (χ1n) is 12.4. The van der Waals surface area contributed by atoms with E-state index in [9.17, 15) is 13.2 Å². The average molecular weight is 507 g/mol. The number of ether oxygens (including phenoxy) is 1. The van der Waals surface area contributed by atoms with E-state index in [1.54, 1.807) is 19.2 Å². The number of tetrazole rings is 1. The summed E-state index contributed by atoms with van der Waals surface area (Å²) >= 11 is 0. The maximum atomic E-state index is 13.2. The number of likely N-dealkylation sites (tertiary alicyclic amines) is 1. The highest BCUT2D eigenvalue weighted by Crippen LogP contribution is 2.31. The molecule has 0 unspecified atom stereocenters. The van der Waals surface area contributed by atoms with Crippen LogP contribution in [0, 0.1) is 0 Å². The van der Waals surface area contributed by atoms with Crippen molar-refractivity contribution in [1.82, 2.24) is 30.4 Å². The number of hydrogen-bond acceptors (Lipinski definition) is 6. The lowest BCUT2D eigenvalue weighted by Crippen LogP contribution is -2.46. The third kappa shape index (κ3) is 7.27. The Bertz CT molecular complexity index is 1040. The minimum atomic E-state index is -4.65. The molecule has 0 aliphatic carbocycles. The maximum absolute atomic E-state index is 13.2. The molecule has 0 amide bonds. The molecule has 2 atom stereocenters. The first kappa shape index (κ1) is 29.3. The molecule has 36 heavy (non-hydrogen) atoms. The Kier molecular flexibility index (Phi) is 11.3. The third-order valence-corrected chi connectivity index (χ3v) is 5.83. The number of hydrogen-bond donors (Lipinski definition) is 1. The molecule has 2 heterocycles. The number of likely N-dealkylation sites (N-methyl/N-ethyl adjacent to an activating group) is 1. The van der Waals surface area contributed by atoms with Gasteiger partial charge in [0, 0.05) is 30.6 Å². The van der Waals surface area contributed by atoms with Crippen LogP contribution in [0.2, 0.25) is 0 Å². The van der Waals surface area contributed by atoms with Gasteiger partial charge in [-0.1, -0.05) is 58.0 Å². The van der Waals surface area contributed by atoms with Crippen molar-refractivity contribution in [2.24, 2.45) is 0 Å². The molecular weight excluding hydrogens is 469 g/mol. The van der Waals surface area contributed by atoms with Gasteiger partial charge in [0.05, 0.1) is 12.8 Å². The van der Waals surface area contributed by atoms with E-state index < -0.39 is 12.0 Å². The van der Waals surface area contributed by atoms with E-state index in [0.717, 1.165) is 25.1 Å². The molecule has 1 aliphatic rings. The Morgan fingerprint density at radius 2 is 1.75 bits per heavy atom. The van der Waals surface area contributed by atoms with Gasteiger partial charge in [-0.15, -0.1) is 5.10 Å². The van der Waals surface area contributed by atoms with E-state index in [4.69, 9.17) is 4.74 Å². The van der Waals surface area contributed by atoms with Crippen LogP contribution in [0.4, 0.5) is 13.2 Å². The van der Waals surface area contributed by atoms with Crippen molar-refractivity contribution in [2.45, 2.75) is 58.8 Å². The molecule has 10 heteroatoms. The molecule has 3 aromatic rings. The summed E-state index contributed by atoms with van der Waals surface area (Å²) in [4.78, 5) is 2.31. The molecule has 1 saturated heterocycles. The first-order chi connectivity index (χ1) is 17.4. The summed E-state index contributed by atoms with van der Waals surface area (Å²) in [6.07, 6.45) is -3.69. The van der Waals surface area contributed by atoms with Crippen LogP contribution in [0.5, 0.6) is 5.75 Å². The Balaban J connectivity index is 0.00000109. The highest BCUT2D eigenvalue weighted by molar-refractivity contribution is 5.44. The lowest BCUT2D eigenvalue weighted by atomic mass is 9.86. The Morgan fingerprint density at radius 3 is 2.39 bits per heavy atom. The zero-order chi connectivity index (χ0) is 26.7. The zero-order valence-electron chi connectivity index (χ0n) is 21.9. The van der Waals surface area contributed by atoms with Gasteiger partial charge in [-0.05, 0) is 54.2 Å². The molecule has 0 saturated carbocycles. The Hall–Kier alpha value is -2.98. The van der Waals surface area contributed by atoms with Gasteiger partial charge in [-0.2, -0.15) is 17.9 Å². The van der Waals surface area contributed by atoms with Gasteiger partial charge in [-0.25, -0.2) is 0 Å². The smallest absolute Gasteiger partial charge is 0.453 e. The van der Waals surface area contributed by atoms with Gasteiger partial charge in [0.25, 0.3) is 5.82 Å². The van der Waals surface area contributed by atoms with Crippen molar-refractivity contribution in [3.63, 3.8) is 0 Å². The normalized spacial score (nSPS) is 17.9. The Morgan fingerprint density at radius 1 is 1.06 bits per heavy atom. The van der Waals surface area contributed by atoms with Crippen LogP contribution in [0.3, 0.4) is 0 Å². The fourth-order valence-electron chi connectivity index (χ4n) is 4.21. The minimum Gasteiger partial charge on any atom is -0.496 e. The summed E-state index contributed by atoms with van der Waals surface area (Å²) < 4.78 is 45.9. The predicted octanol–water partition coefficient (Wildman–Crippen LogP) is 5.32. The van der Waals surface area contributed by atoms with Crippen molar-refractivity contribution in [3.8, 4) is 11.4 Å². The summed E-state index contributed by atoms with van der Waals surface area (Å²) in [5.41, 5.74) is 2.23. The standard InChI is InChI=1S/C22H25F3N6O.2C2H6/c1-30-11-10-19(18(14-30)15-6-4-3-5-7-15)26-13-16-12-17(8-9-20(16)32-2)31-21(22(23,24)25)27-28-29-31;2*1-2/h3-9,12,18-19,26H,10-11,13-14H2,1-2H3;2*1-2H3/t18-,19-;;/m0../s1. The minimum absolute atomic E-state index is 0.223. The molecule has 7 nitrogen and oxygen atoms in total. The van der Waals surface area contributed by atoms with E-state index in [2.05, 4.69) is 44.9 Å². The number of piperidine rings is 1. The van der Waals surface area contributed by atoms with Crippen LogP contribution >= 0.6 is 0 Å². The van der Waals surface area contributed by atoms with Crippen LogP contribution in [-0.4, -0.2) is 58.4 Å². The second-order valence-electron chi connectivity index (χ2n) is 7.96. The van der Waals surface area contributed by atoms with Crippen molar-refractivity contribution >= 4 is 0 Å². The molecule has 198 valence electrons. The average Bonchev–Trinajstić information content (AvgIpc) is 3.42. The number of nitrogens with one attached hydrogen (secondary N) is 1. The molecule has 2 aromatic carbocycles. The van der Waals surface area contributed by atoms with E-state index in [-0.39, 0.29) is 11.7 Å². The summed E-state index contributed by atoms with van der Waals surface area (Å²) in [5, 5.41) is 13.5. The summed E-state index contributed by atoms with van der Waals surface area (Å²) in [5.74, 6) is -0.270. The fraction of sp³-hybridized carbons (Fsp3) is 0.500. The van der Waals surface area contributed by atoms with Gasteiger partial charge < -0.3 is 15.0 Å². The van der Waals surface area contributed by atoms with Gasteiger partial charge >= 0.3 is 6.18 Å². The van der Waals surface area contributed by atoms with Crippen LogP contribution in [0.15, 0.2) is 48.5 Å². The van der Waals surface area contributed by atoms with Crippen LogP contribution in [0.1, 0.15) is 57.0 Å². The molecular formula is C26H37F3N6O. The number of methoxy groups -OCH3 is 1. The molecule has 4 rings (SSSR count). The molecule has 0 bridgehead atoms.